The Morgan fingerprint density at radius 2 is 1.81 bits per heavy atom. The second-order valence-corrected chi connectivity index (χ2v) is 11.7. The maximum atomic E-state index is 12.7. The summed E-state index contributed by atoms with van der Waals surface area (Å²) in [6.07, 6.45) is 3.88. The van der Waals surface area contributed by atoms with Gasteiger partial charge in [0.1, 0.15) is 5.60 Å². The maximum Gasteiger partial charge on any atom is 0.495 e. The molecule has 0 saturated carbocycles. The van der Waals surface area contributed by atoms with Crippen molar-refractivity contribution in [3.63, 3.8) is 0 Å². The molecule has 1 aromatic carbocycles. The van der Waals surface area contributed by atoms with Gasteiger partial charge >= 0.3 is 19.2 Å². The van der Waals surface area contributed by atoms with Crippen LogP contribution in [0.2, 0.25) is 0 Å². The first-order valence-electron chi connectivity index (χ1n) is 12.6. The van der Waals surface area contributed by atoms with E-state index in [2.05, 4.69) is 4.99 Å². The number of rotatable bonds is 4. The summed E-state index contributed by atoms with van der Waals surface area (Å²) in [6.45, 7) is 14.2. The van der Waals surface area contributed by atoms with Gasteiger partial charge in [-0.3, -0.25) is 9.89 Å². The third kappa shape index (κ3) is 5.09. The smallest absolute Gasteiger partial charge is 0.465 e. The fourth-order valence-corrected chi connectivity index (χ4v) is 4.70. The Balaban J connectivity index is 1.53. The first-order chi connectivity index (χ1) is 16.7. The normalized spacial score (nSPS) is 22.9. The predicted octanol–water partition coefficient (Wildman–Crippen LogP) is 4.36. The minimum Gasteiger partial charge on any atom is -0.465 e. The molecule has 1 aromatic rings. The van der Waals surface area contributed by atoms with Crippen LogP contribution in [-0.2, 0) is 18.8 Å². The molecule has 3 heterocycles. The molecule has 2 saturated heterocycles. The molecule has 0 spiro atoms. The molecule has 2 fully saturated rings. The molecular formula is C27H37BN2O6. The molecule has 3 aliphatic rings. The molecular weight excluding hydrogens is 459 g/mol. The lowest BCUT2D eigenvalue weighted by Crippen LogP contribution is -2.43. The molecule has 8 nitrogen and oxygen atoms in total. The Bertz CT molecular complexity index is 1100. The quantitative estimate of drug-likeness (QED) is 0.455. The number of allylic oxidation sites excluding steroid dienone is 1. The van der Waals surface area contributed by atoms with Gasteiger partial charge in [0.05, 0.1) is 29.9 Å². The number of carbonyl (C=O) groups excluding carboxylic acids is 2. The van der Waals surface area contributed by atoms with Gasteiger partial charge in [0.2, 0.25) is 0 Å². The topological polar surface area (TPSA) is 86.7 Å². The first-order valence-corrected chi connectivity index (χ1v) is 12.6. The number of benzene rings is 1. The molecule has 0 bridgehead atoms. The van der Waals surface area contributed by atoms with Crippen molar-refractivity contribution in [2.45, 2.75) is 90.6 Å². The fraction of sp³-hybridized carbons (Fsp3) is 0.593. The van der Waals surface area contributed by atoms with Crippen molar-refractivity contribution < 1.29 is 28.4 Å². The molecule has 1 amide bonds. The van der Waals surface area contributed by atoms with E-state index in [1.807, 2.05) is 72.9 Å². The number of carbonyl (C=O) groups is 2. The molecule has 1 atom stereocenters. The van der Waals surface area contributed by atoms with E-state index in [1.165, 1.54) is 7.11 Å². The highest BCUT2D eigenvalue weighted by Crippen LogP contribution is 2.37. The van der Waals surface area contributed by atoms with Crippen molar-refractivity contribution >= 4 is 35.9 Å². The number of amides is 1. The third-order valence-corrected chi connectivity index (χ3v) is 7.36. The fourth-order valence-electron chi connectivity index (χ4n) is 4.70. The van der Waals surface area contributed by atoms with Crippen LogP contribution in [0, 0.1) is 0 Å². The van der Waals surface area contributed by atoms with Crippen LogP contribution in [-0.4, -0.2) is 66.3 Å². The SMILES string of the molecule is COC(=O)c1cc(C2=CN=C([C@@H]3CCCN3C(=O)OC(C)(C)C)C2)ccc1B1OC(C)(C)C(C)(C)O1. The second kappa shape index (κ2) is 9.34. The van der Waals surface area contributed by atoms with Gasteiger partial charge in [0.25, 0.3) is 0 Å². The first kappa shape index (κ1) is 26.4. The van der Waals surface area contributed by atoms with E-state index in [0.29, 0.717) is 24.0 Å². The summed E-state index contributed by atoms with van der Waals surface area (Å²) in [5, 5.41) is 0. The number of esters is 1. The highest BCUT2D eigenvalue weighted by Gasteiger charge is 2.52. The number of aliphatic imine (C=N–C) groups is 1. The largest absolute Gasteiger partial charge is 0.495 e. The maximum absolute atomic E-state index is 12.7. The van der Waals surface area contributed by atoms with Crippen LogP contribution in [0.5, 0.6) is 0 Å². The van der Waals surface area contributed by atoms with Crippen LogP contribution in [0.3, 0.4) is 0 Å². The zero-order valence-corrected chi connectivity index (χ0v) is 22.6. The second-order valence-electron chi connectivity index (χ2n) is 11.7. The Morgan fingerprint density at radius 3 is 2.42 bits per heavy atom. The molecule has 4 rings (SSSR count). The van der Waals surface area contributed by atoms with Crippen molar-refractivity contribution in [3.8, 4) is 0 Å². The predicted molar refractivity (Wildman–Crippen MR) is 139 cm³/mol. The molecule has 0 aromatic heterocycles. The summed E-state index contributed by atoms with van der Waals surface area (Å²) < 4.78 is 23.1. The van der Waals surface area contributed by atoms with E-state index in [-0.39, 0.29) is 12.1 Å². The van der Waals surface area contributed by atoms with Crippen LogP contribution >= 0.6 is 0 Å². The summed E-state index contributed by atoms with van der Waals surface area (Å²) in [6, 6.07) is 5.55. The van der Waals surface area contributed by atoms with Crippen molar-refractivity contribution in [2.75, 3.05) is 13.7 Å². The van der Waals surface area contributed by atoms with E-state index in [4.69, 9.17) is 18.8 Å². The van der Waals surface area contributed by atoms with Crippen LogP contribution in [0.15, 0.2) is 29.4 Å². The van der Waals surface area contributed by atoms with Gasteiger partial charge in [-0.25, -0.2) is 9.59 Å². The van der Waals surface area contributed by atoms with Gasteiger partial charge in [0.15, 0.2) is 0 Å². The summed E-state index contributed by atoms with van der Waals surface area (Å²) in [7, 11) is 0.688. The number of nitrogens with zero attached hydrogens (tertiary/aromatic N) is 2. The molecule has 0 aliphatic carbocycles. The minimum atomic E-state index is -0.677. The van der Waals surface area contributed by atoms with E-state index in [0.717, 1.165) is 29.7 Å². The molecule has 9 heteroatoms. The van der Waals surface area contributed by atoms with Gasteiger partial charge in [-0.05, 0) is 84.0 Å². The molecule has 36 heavy (non-hydrogen) atoms. The number of likely N-dealkylation sites (tertiary alicyclic amines) is 1. The standard InChI is InChI=1S/C27H37BN2O6/c1-25(2,3)34-24(32)30-13-9-10-22(30)21-15-18(16-29-21)17-11-12-20(19(14-17)23(31)33-8)28-35-26(4,5)27(6,7)36-28/h11-12,14,16,22H,9-10,13,15H2,1-8H3/t22-/m0/s1. The van der Waals surface area contributed by atoms with Gasteiger partial charge in [-0.15, -0.1) is 0 Å². The minimum absolute atomic E-state index is 0.0855. The average Bonchev–Trinajstić information content (AvgIpc) is 3.49. The van der Waals surface area contributed by atoms with E-state index < -0.39 is 29.9 Å². The zero-order valence-electron chi connectivity index (χ0n) is 22.6. The Hall–Kier alpha value is -2.65. The highest BCUT2D eigenvalue weighted by atomic mass is 16.7. The van der Waals surface area contributed by atoms with Gasteiger partial charge < -0.3 is 18.8 Å². The summed E-state index contributed by atoms with van der Waals surface area (Å²) >= 11 is 0. The highest BCUT2D eigenvalue weighted by molar-refractivity contribution is 6.63. The lowest BCUT2D eigenvalue weighted by Gasteiger charge is -2.32. The van der Waals surface area contributed by atoms with Crippen molar-refractivity contribution in [3.05, 3.63) is 35.5 Å². The van der Waals surface area contributed by atoms with E-state index in [9.17, 15) is 9.59 Å². The van der Waals surface area contributed by atoms with E-state index in [1.54, 1.807) is 4.90 Å². The third-order valence-electron chi connectivity index (χ3n) is 7.36. The van der Waals surface area contributed by atoms with Gasteiger partial charge in [0, 0.05) is 24.9 Å². The Kier molecular flexibility index (Phi) is 6.86. The number of hydrogen-bond donors (Lipinski definition) is 0. The molecule has 194 valence electrons. The monoisotopic (exact) mass is 496 g/mol. The Morgan fingerprint density at radius 1 is 1.14 bits per heavy atom. The number of hydrogen-bond acceptors (Lipinski definition) is 7. The molecule has 0 unspecified atom stereocenters. The van der Waals surface area contributed by atoms with Crippen molar-refractivity contribution in [2.24, 2.45) is 4.99 Å². The van der Waals surface area contributed by atoms with Crippen LogP contribution < -0.4 is 5.46 Å². The van der Waals surface area contributed by atoms with Crippen LogP contribution in [0.25, 0.3) is 5.57 Å². The van der Waals surface area contributed by atoms with E-state index >= 15 is 0 Å². The Labute approximate surface area is 214 Å². The van der Waals surface area contributed by atoms with Crippen LogP contribution in [0.1, 0.15) is 83.7 Å². The van der Waals surface area contributed by atoms with Crippen LogP contribution in [0.4, 0.5) is 4.79 Å². The summed E-state index contributed by atoms with van der Waals surface area (Å²) in [4.78, 5) is 31.9. The number of ether oxygens (including phenoxy) is 2. The average molecular weight is 496 g/mol. The van der Waals surface area contributed by atoms with Crippen molar-refractivity contribution in [1.82, 2.24) is 4.90 Å². The molecule has 0 radical (unpaired) electrons. The van der Waals surface area contributed by atoms with Crippen molar-refractivity contribution in [1.29, 1.82) is 0 Å². The van der Waals surface area contributed by atoms with Gasteiger partial charge in [-0.1, -0.05) is 12.1 Å². The lowest BCUT2D eigenvalue weighted by atomic mass is 9.75. The zero-order chi connectivity index (χ0) is 26.5. The van der Waals surface area contributed by atoms with Gasteiger partial charge in [-0.2, -0.15) is 0 Å². The molecule has 3 aliphatic heterocycles. The molecule has 0 N–H and O–H groups in total. The lowest BCUT2D eigenvalue weighted by molar-refractivity contribution is 0.00578. The summed E-state index contributed by atoms with van der Waals surface area (Å²) in [5.74, 6) is -0.451. The number of methoxy groups -OCH3 is 1. The summed E-state index contributed by atoms with van der Waals surface area (Å²) in [5.41, 5.74) is 2.22.